The Hall–Kier alpha value is -0.980. The van der Waals surface area contributed by atoms with Gasteiger partial charge in [0.1, 0.15) is 0 Å². The lowest BCUT2D eigenvalue weighted by atomic mass is 9.90. The molecule has 0 fully saturated rings. The summed E-state index contributed by atoms with van der Waals surface area (Å²) < 4.78 is 0. The first kappa shape index (κ1) is 13.5. The summed E-state index contributed by atoms with van der Waals surface area (Å²) in [6.07, 6.45) is 2.12. The highest BCUT2D eigenvalue weighted by Gasteiger charge is 2.10. The summed E-state index contributed by atoms with van der Waals surface area (Å²) in [6.45, 7) is 2.21. The van der Waals surface area contributed by atoms with Crippen molar-refractivity contribution >= 4 is 23.2 Å². The fraction of sp³-hybridized carbons (Fsp3) is 0.250. The van der Waals surface area contributed by atoms with Crippen molar-refractivity contribution in [1.29, 1.82) is 0 Å². The predicted octanol–water partition coefficient (Wildman–Crippen LogP) is 5.73. The Morgan fingerprint density at radius 1 is 0.944 bits per heavy atom. The van der Waals surface area contributed by atoms with Crippen LogP contribution in [0.5, 0.6) is 0 Å². The first-order valence-electron chi connectivity index (χ1n) is 6.19. The zero-order valence-corrected chi connectivity index (χ0v) is 11.9. The van der Waals surface area contributed by atoms with E-state index in [0.29, 0.717) is 5.92 Å². The molecular weight excluding hydrogens is 263 g/mol. The second-order valence-electron chi connectivity index (χ2n) is 4.49. The third-order valence-corrected chi connectivity index (χ3v) is 3.70. The van der Waals surface area contributed by atoms with Crippen molar-refractivity contribution in [2.45, 2.75) is 25.7 Å². The summed E-state index contributed by atoms with van der Waals surface area (Å²) in [5.74, 6) is 0.505. The van der Waals surface area contributed by atoms with Gasteiger partial charge in [0.25, 0.3) is 0 Å². The molecule has 0 aliphatic heterocycles. The minimum atomic E-state index is 0.505. The van der Waals surface area contributed by atoms with Crippen molar-refractivity contribution in [2.75, 3.05) is 0 Å². The largest absolute Gasteiger partial charge is 0.0843 e. The fourth-order valence-electron chi connectivity index (χ4n) is 2.16. The summed E-state index contributed by atoms with van der Waals surface area (Å²) in [5, 5.41) is 1.59. The summed E-state index contributed by atoms with van der Waals surface area (Å²) in [6, 6.07) is 16.2. The summed E-state index contributed by atoms with van der Waals surface area (Å²) in [4.78, 5) is 0. The molecule has 1 unspecified atom stereocenters. The first-order valence-corrected chi connectivity index (χ1v) is 6.94. The average Bonchev–Trinajstić information content (AvgIpc) is 2.38. The Labute approximate surface area is 119 Å². The maximum Gasteiger partial charge on any atom is 0.0408 e. The van der Waals surface area contributed by atoms with E-state index in [2.05, 4.69) is 31.2 Å². The Bertz CT molecular complexity index is 503. The number of rotatable bonds is 4. The number of halogens is 2. The molecule has 0 aliphatic carbocycles. The molecule has 2 rings (SSSR count). The van der Waals surface area contributed by atoms with Crippen molar-refractivity contribution in [3.8, 4) is 0 Å². The van der Waals surface area contributed by atoms with E-state index in [0.717, 1.165) is 22.9 Å². The van der Waals surface area contributed by atoms with Gasteiger partial charge in [-0.05, 0) is 54.2 Å². The lowest BCUT2D eigenvalue weighted by Crippen LogP contribution is -2.01. The normalized spacial score (nSPS) is 12.4. The zero-order valence-electron chi connectivity index (χ0n) is 10.4. The van der Waals surface area contributed by atoms with Crippen LogP contribution < -0.4 is 0 Å². The first-order chi connectivity index (χ1) is 8.69. The molecule has 0 amide bonds. The van der Waals surface area contributed by atoms with E-state index in [9.17, 15) is 0 Å². The number of hydrogen-bond acceptors (Lipinski definition) is 0. The van der Waals surface area contributed by atoms with E-state index in [1.54, 1.807) is 0 Å². The van der Waals surface area contributed by atoms with Gasteiger partial charge in [-0.3, -0.25) is 0 Å². The molecule has 0 saturated carbocycles. The Morgan fingerprint density at radius 2 is 1.67 bits per heavy atom. The van der Waals surface area contributed by atoms with Crippen molar-refractivity contribution in [3.05, 3.63) is 69.7 Å². The lowest BCUT2D eigenvalue weighted by Gasteiger charge is -2.15. The second kappa shape index (κ2) is 6.26. The molecule has 1 atom stereocenters. The zero-order chi connectivity index (χ0) is 13.0. The topological polar surface area (TPSA) is 0 Å². The predicted molar refractivity (Wildman–Crippen MR) is 79.6 cm³/mol. The summed E-state index contributed by atoms with van der Waals surface area (Å²) >= 11 is 12.0. The summed E-state index contributed by atoms with van der Waals surface area (Å²) in [5.41, 5.74) is 2.62. The van der Waals surface area contributed by atoms with Gasteiger partial charge < -0.3 is 0 Å². The molecular formula is C16H16Cl2. The molecule has 2 heteroatoms. The van der Waals surface area contributed by atoms with Gasteiger partial charge in [0.05, 0.1) is 0 Å². The maximum atomic E-state index is 6.05. The smallest absolute Gasteiger partial charge is 0.0408 e. The van der Waals surface area contributed by atoms with Crippen LogP contribution in [0, 0.1) is 0 Å². The molecule has 0 aliphatic rings. The van der Waals surface area contributed by atoms with Crippen LogP contribution in [0.2, 0.25) is 10.0 Å². The molecule has 0 nitrogen and oxygen atoms in total. The fourth-order valence-corrected chi connectivity index (χ4v) is 2.49. The van der Waals surface area contributed by atoms with Crippen molar-refractivity contribution in [2.24, 2.45) is 0 Å². The highest BCUT2D eigenvalue weighted by atomic mass is 35.5. The molecule has 0 bridgehead atoms. The van der Waals surface area contributed by atoms with Crippen molar-refractivity contribution in [3.63, 3.8) is 0 Å². The molecule has 0 spiro atoms. The van der Waals surface area contributed by atoms with Gasteiger partial charge in [0.15, 0.2) is 0 Å². The summed E-state index contributed by atoms with van der Waals surface area (Å²) in [7, 11) is 0. The van der Waals surface area contributed by atoms with Crippen LogP contribution in [0.15, 0.2) is 48.5 Å². The second-order valence-corrected chi connectivity index (χ2v) is 5.36. The van der Waals surface area contributed by atoms with Gasteiger partial charge in [-0.15, -0.1) is 0 Å². The Kier molecular flexibility index (Phi) is 4.68. The number of hydrogen-bond donors (Lipinski definition) is 0. The van der Waals surface area contributed by atoms with Crippen LogP contribution in [0.3, 0.4) is 0 Å². The molecule has 2 aromatic rings. The molecule has 0 heterocycles. The SMILES string of the molecule is CCC(Cc1ccc(Cl)cc1)c1cccc(Cl)c1. The number of benzene rings is 2. The standard InChI is InChI=1S/C16H16Cl2/c1-2-13(14-4-3-5-16(18)11-14)10-12-6-8-15(17)9-7-12/h3-9,11,13H,2,10H2,1H3. The monoisotopic (exact) mass is 278 g/mol. The van der Waals surface area contributed by atoms with E-state index in [1.165, 1.54) is 11.1 Å². The van der Waals surface area contributed by atoms with E-state index < -0.39 is 0 Å². The van der Waals surface area contributed by atoms with Crippen LogP contribution in [0.4, 0.5) is 0 Å². The Balaban J connectivity index is 2.17. The van der Waals surface area contributed by atoms with Gasteiger partial charge in [-0.25, -0.2) is 0 Å². The molecule has 0 radical (unpaired) electrons. The van der Waals surface area contributed by atoms with Crippen LogP contribution in [-0.2, 0) is 6.42 Å². The van der Waals surface area contributed by atoms with Crippen LogP contribution >= 0.6 is 23.2 Å². The third kappa shape index (κ3) is 3.51. The van der Waals surface area contributed by atoms with Gasteiger partial charge >= 0.3 is 0 Å². The molecule has 18 heavy (non-hydrogen) atoms. The van der Waals surface area contributed by atoms with Gasteiger partial charge in [0, 0.05) is 10.0 Å². The van der Waals surface area contributed by atoms with Gasteiger partial charge in [-0.2, -0.15) is 0 Å². The molecule has 94 valence electrons. The van der Waals surface area contributed by atoms with E-state index >= 15 is 0 Å². The quantitative estimate of drug-likeness (QED) is 0.670. The molecule has 0 N–H and O–H groups in total. The van der Waals surface area contributed by atoms with Crippen molar-refractivity contribution in [1.82, 2.24) is 0 Å². The Morgan fingerprint density at radius 3 is 2.28 bits per heavy atom. The van der Waals surface area contributed by atoms with E-state index in [4.69, 9.17) is 23.2 Å². The minimum absolute atomic E-state index is 0.505. The van der Waals surface area contributed by atoms with E-state index in [1.807, 2.05) is 24.3 Å². The van der Waals surface area contributed by atoms with Crippen LogP contribution in [0.25, 0.3) is 0 Å². The molecule has 0 aromatic heterocycles. The lowest BCUT2D eigenvalue weighted by molar-refractivity contribution is 0.660. The van der Waals surface area contributed by atoms with Gasteiger partial charge in [-0.1, -0.05) is 54.4 Å². The van der Waals surface area contributed by atoms with Gasteiger partial charge in [0.2, 0.25) is 0 Å². The highest BCUT2D eigenvalue weighted by molar-refractivity contribution is 6.30. The maximum absolute atomic E-state index is 6.05. The van der Waals surface area contributed by atoms with Crippen LogP contribution in [-0.4, -0.2) is 0 Å². The minimum Gasteiger partial charge on any atom is -0.0843 e. The molecule has 2 aromatic carbocycles. The third-order valence-electron chi connectivity index (χ3n) is 3.21. The van der Waals surface area contributed by atoms with E-state index in [-0.39, 0.29) is 0 Å². The molecule has 0 saturated heterocycles. The van der Waals surface area contributed by atoms with Crippen molar-refractivity contribution < 1.29 is 0 Å². The van der Waals surface area contributed by atoms with Crippen LogP contribution in [0.1, 0.15) is 30.4 Å². The highest BCUT2D eigenvalue weighted by Crippen LogP contribution is 2.26. The average molecular weight is 279 g/mol.